The van der Waals surface area contributed by atoms with Crippen molar-refractivity contribution in [2.75, 3.05) is 0 Å². The first-order chi connectivity index (χ1) is 8.99. The van der Waals surface area contributed by atoms with Gasteiger partial charge in [0.1, 0.15) is 0 Å². The highest BCUT2D eigenvalue weighted by molar-refractivity contribution is 5.03. The Labute approximate surface area is 110 Å². The van der Waals surface area contributed by atoms with Crippen LogP contribution in [-0.2, 0) is 34.2 Å². The Morgan fingerprint density at radius 1 is 1.16 bits per heavy atom. The monoisotopic (exact) mass is 263 g/mol. The predicted molar refractivity (Wildman–Crippen MR) is 70.7 cm³/mol. The topological polar surface area (TPSA) is 73.8 Å². The molecule has 2 rings (SSSR count). The van der Waals surface area contributed by atoms with E-state index in [0.717, 1.165) is 10.3 Å². The second-order valence-electron chi connectivity index (χ2n) is 4.46. The van der Waals surface area contributed by atoms with Crippen LogP contribution in [0, 0.1) is 0 Å². The average Bonchev–Trinajstić information content (AvgIpc) is 2.79. The molecule has 0 saturated carbocycles. The maximum atomic E-state index is 11.7. The molecule has 0 bridgehead atoms. The van der Waals surface area contributed by atoms with E-state index in [4.69, 9.17) is 0 Å². The second kappa shape index (κ2) is 5.23. The Balaban J connectivity index is 2.08. The van der Waals surface area contributed by atoms with E-state index in [1.807, 2.05) is 19.3 Å². The van der Waals surface area contributed by atoms with Crippen LogP contribution in [0.5, 0.6) is 0 Å². The SMILES string of the molecule is Cn1ccc(CNCc2cc(=O)n(C)c(=O)n2C)n1. The molecule has 0 aliphatic rings. The molecule has 2 heterocycles. The Bertz CT molecular complexity index is 695. The molecule has 0 aliphatic heterocycles. The van der Waals surface area contributed by atoms with Crippen LogP contribution >= 0.6 is 0 Å². The van der Waals surface area contributed by atoms with E-state index in [2.05, 4.69) is 10.4 Å². The zero-order valence-corrected chi connectivity index (χ0v) is 11.3. The van der Waals surface area contributed by atoms with Gasteiger partial charge in [-0.05, 0) is 6.07 Å². The third-order valence-electron chi connectivity index (χ3n) is 3.01. The number of aromatic nitrogens is 4. The quantitative estimate of drug-likeness (QED) is 0.776. The highest BCUT2D eigenvalue weighted by Crippen LogP contribution is 1.95. The van der Waals surface area contributed by atoms with Crippen LogP contribution in [-0.4, -0.2) is 18.9 Å². The fourth-order valence-corrected chi connectivity index (χ4v) is 1.82. The van der Waals surface area contributed by atoms with Gasteiger partial charge >= 0.3 is 5.69 Å². The molecule has 102 valence electrons. The van der Waals surface area contributed by atoms with Crippen molar-refractivity contribution in [3.8, 4) is 0 Å². The van der Waals surface area contributed by atoms with Gasteiger partial charge in [0.25, 0.3) is 5.56 Å². The molecule has 2 aromatic heterocycles. The molecular weight excluding hydrogens is 246 g/mol. The van der Waals surface area contributed by atoms with Gasteiger partial charge in [-0.1, -0.05) is 0 Å². The van der Waals surface area contributed by atoms with Crippen LogP contribution < -0.4 is 16.6 Å². The minimum absolute atomic E-state index is 0.294. The fourth-order valence-electron chi connectivity index (χ4n) is 1.82. The summed E-state index contributed by atoms with van der Waals surface area (Å²) in [5, 5.41) is 7.40. The lowest BCUT2D eigenvalue weighted by atomic mass is 10.3. The van der Waals surface area contributed by atoms with Crippen LogP contribution in [0.3, 0.4) is 0 Å². The molecule has 19 heavy (non-hydrogen) atoms. The Morgan fingerprint density at radius 3 is 2.53 bits per heavy atom. The fraction of sp³-hybridized carbons (Fsp3) is 0.417. The summed E-state index contributed by atoms with van der Waals surface area (Å²) in [4.78, 5) is 23.3. The number of nitrogens with one attached hydrogen (secondary N) is 1. The zero-order chi connectivity index (χ0) is 14.0. The molecular formula is C12H17N5O2. The molecule has 0 saturated heterocycles. The third kappa shape index (κ3) is 2.82. The number of hydrogen-bond donors (Lipinski definition) is 1. The highest BCUT2D eigenvalue weighted by atomic mass is 16.2. The lowest BCUT2D eigenvalue weighted by Crippen LogP contribution is -2.39. The summed E-state index contributed by atoms with van der Waals surface area (Å²) in [6.45, 7) is 1.03. The first-order valence-electron chi connectivity index (χ1n) is 5.94. The summed E-state index contributed by atoms with van der Waals surface area (Å²) in [5.74, 6) is 0. The third-order valence-corrected chi connectivity index (χ3v) is 3.01. The number of hydrogen-bond acceptors (Lipinski definition) is 4. The van der Waals surface area contributed by atoms with Crippen molar-refractivity contribution in [2.24, 2.45) is 21.1 Å². The lowest BCUT2D eigenvalue weighted by Gasteiger charge is -2.09. The first kappa shape index (κ1) is 13.3. The zero-order valence-electron chi connectivity index (χ0n) is 11.3. The second-order valence-corrected chi connectivity index (χ2v) is 4.46. The van der Waals surface area contributed by atoms with Crippen LogP contribution in [0.4, 0.5) is 0 Å². The Hall–Kier alpha value is -2.15. The average molecular weight is 263 g/mol. The molecule has 0 fully saturated rings. The maximum absolute atomic E-state index is 11.7. The largest absolute Gasteiger partial charge is 0.330 e. The van der Waals surface area contributed by atoms with Crippen molar-refractivity contribution < 1.29 is 0 Å². The van der Waals surface area contributed by atoms with Crippen LogP contribution in [0.25, 0.3) is 0 Å². The van der Waals surface area contributed by atoms with Crippen molar-refractivity contribution in [3.63, 3.8) is 0 Å². The summed E-state index contributed by atoms with van der Waals surface area (Å²) in [6.07, 6.45) is 1.87. The summed E-state index contributed by atoms with van der Waals surface area (Å²) in [5.41, 5.74) is 0.959. The van der Waals surface area contributed by atoms with E-state index in [0.29, 0.717) is 18.8 Å². The van der Waals surface area contributed by atoms with E-state index in [1.165, 1.54) is 17.7 Å². The molecule has 0 aliphatic carbocycles. The number of nitrogens with zero attached hydrogens (tertiary/aromatic N) is 4. The van der Waals surface area contributed by atoms with Gasteiger partial charge < -0.3 is 5.32 Å². The van der Waals surface area contributed by atoms with Crippen LogP contribution in [0.15, 0.2) is 27.9 Å². The van der Waals surface area contributed by atoms with E-state index in [1.54, 1.807) is 11.7 Å². The molecule has 0 spiro atoms. The van der Waals surface area contributed by atoms with E-state index in [-0.39, 0.29) is 11.2 Å². The Morgan fingerprint density at radius 2 is 1.89 bits per heavy atom. The standard InChI is InChI=1S/C12H17N5O2/c1-15-5-4-9(14-15)7-13-8-10-6-11(18)17(3)12(19)16(10)2/h4-6,13H,7-8H2,1-3H3. The molecule has 0 unspecified atom stereocenters. The van der Waals surface area contributed by atoms with Crippen molar-refractivity contribution in [2.45, 2.75) is 13.1 Å². The molecule has 1 N–H and O–H groups in total. The van der Waals surface area contributed by atoms with Crippen molar-refractivity contribution in [3.05, 3.63) is 50.6 Å². The van der Waals surface area contributed by atoms with Crippen LogP contribution in [0.2, 0.25) is 0 Å². The molecule has 0 atom stereocenters. The first-order valence-corrected chi connectivity index (χ1v) is 5.94. The minimum atomic E-state index is -0.317. The molecule has 0 radical (unpaired) electrons. The van der Waals surface area contributed by atoms with Crippen molar-refractivity contribution in [1.29, 1.82) is 0 Å². The Kier molecular flexibility index (Phi) is 3.66. The summed E-state index contributed by atoms with van der Waals surface area (Å²) in [7, 11) is 4.98. The van der Waals surface area contributed by atoms with Gasteiger partial charge in [-0.25, -0.2) is 4.79 Å². The van der Waals surface area contributed by atoms with Gasteiger partial charge in [-0.15, -0.1) is 0 Å². The highest BCUT2D eigenvalue weighted by Gasteiger charge is 2.05. The molecule has 0 aromatic carbocycles. The summed E-state index contributed by atoms with van der Waals surface area (Å²) in [6, 6.07) is 3.38. The van der Waals surface area contributed by atoms with Crippen LogP contribution in [0.1, 0.15) is 11.4 Å². The minimum Gasteiger partial charge on any atom is -0.306 e. The smallest absolute Gasteiger partial charge is 0.306 e. The molecule has 7 nitrogen and oxygen atoms in total. The summed E-state index contributed by atoms with van der Waals surface area (Å²) >= 11 is 0. The van der Waals surface area contributed by atoms with Gasteiger partial charge in [0, 0.05) is 52.2 Å². The van der Waals surface area contributed by atoms with Gasteiger partial charge in [-0.2, -0.15) is 5.10 Å². The maximum Gasteiger partial charge on any atom is 0.330 e. The lowest BCUT2D eigenvalue weighted by molar-refractivity contribution is 0.592. The van der Waals surface area contributed by atoms with Gasteiger partial charge in [0.2, 0.25) is 0 Å². The van der Waals surface area contributed by atoms with E-state index < -0.39 is 0 Å². The van der Waals surface area contributed by atoms with Gasteiger partial charge in [0.15, 0.2) is 0 Å². The number of rotatable bonds is 4. The molecule has 7 heteroatoms. The normalized spacial score (nSPS) is 10.9. The predicted octanol–water partition coefficient (Wildman–Crippen LogP) is -0.893. The van der Waals surface area contributed by atoms with Gasteiger partial charge in [-0.3, -0.25) is 18.6 Å². The van der Waals surface area contributed by atoms with E-state index >= 15 is 0 Å². The van der Waals surface area contributed by atoms with Gasteiger partial charge in [0.05, 0.1) is 5.69 Å². The molecule has 0 amide bonds. The summed E-state index contributed by atoms with van der Waals surface area (Å²) < 4.78 is 4.28. The number of aryl methyl sites for hydroxylation is 1. The molecule has 2 aromatic rings. The van der Waals surface area contributed by atoms with Crippen molar-refractivity contribution in [1.82, 2.24) is 24.2 Å². The van der Waals surface area contributed by atoms with E-state index in [9.17, 15) is 9.59 Å². The van der Waals surface area contributed by atoms with Crippen molar-refractivity contribution >= 4 is 0 Å².